The molecule has 0 heterocycles. The molecule has 0 saturated carbocycles. The first-order valence-corrected chi connectivity index (χ1v) is 7.49. The second-order valence-electron chi connectivity index (χ2n) is 5.87. The third-order valence-corrected chi connectivity index (χ3v) is 3.31. The van der Waals surface area contributed by atoms with Gasteiger partial charge in [0.25, 0.3) is 0 Å². The van der Waals surface area contributed by atoms with Crippen LogP contribution in [0, 0.1) is 5.92 Å². The van der Waals surface area contributed by atoms with E-state index >= 15 is 0 Å². The molecule has 1 rings (SSSR count). The largest absolute Gasteiger partial charge is 0.377 e. The van der Waals surface area contributed by atoms with Gasteiger partial charge >= 0.3 is 0 Å². The summed E-state index contributed by atoms with van der Waals surface area (Å²) in [6.45, 7) is 9.35. The van der Waals surface area contributed by atoms with Gasteiger partial charge in [-0.1, -0.05) is 51.5 Å². The van der Waals surface area contributed by atoms with Gasteiger partial charge in [-0.15, -0.1) is 0 Å². The minimum Gasteiger partial charge on any atom is -0.377 e. The molecule has 0 radical (unpaired) electrons. The number of benzene rings is 1. The van der Waals surface area contributed by atoms with Crippen molar-refractivity contribution in [2.24, 2.45) is 11.7 Å². The highest BCUT2D eigenvalue weighted by Crippen LogP contribution is 2.15. The fraction of sp³-hybridized carbons (Fsp3) is 0.647. The SMILES string of the molecule is CCCc1ccc(C(N)COC(C)CC(C)C)cc1. The van der Waals surface area contributed by atoms with Gasteiger partial charge in [0.2, 0.25) is 0 Å². The Morgan fingerprint density at radius 3 is 2.26 bits per heavy atom. The van der Waals surface area contributed by atoms with Crippen molar-refractivity contribution in [2.45, 2.75) is 59.1 Å². The molecular formula is C17H29NO. The van der Waals surface area contributed by atoms with E-state index in [2.05, 4.69) is 52.0 Å². The van der Waals surface area contributed by atoms with Crippen LogP contribution in [0.15, 0.2) is 24.3 Å². The van der Waals surface area contributed by atoms with Crippen LogP contribution in [0.1, 0.15) is 57.7 Å². The van der Waals surface area contributed by atoms with Crippen molar-refractivity contribution in [1.29, 1.82) is 0 Å². The second kappa shape index (κ2) is 8.34. The average molecular weight is 263 g/mol. The molecule has 2 unspecified atom stereocenters. The summed E-state index contributed by atoms with van der Waals surface area (Å²) in [5.41, 5.74) is 8.72. The fourth-order valence-electron chi connectivity index (χ4n) is 2.32. The molecule has 2 nitrogen and oxygen atoms in total. The molecule has 0 aliphatic heterocycles. The molecule has 0 amide bonds. The smallest absolute Gasteiger partial charge is 0.0662 e. The van der Waals surface area contributed by atoms with Crippen LogP contribution in [0.4, 0.5) is 0 Å². The third-order valence-electron chi connectivity index (χ3n) is 3.31. The molecule has 19 heavy (non-hydrogen) atoms. The number of hydrogen-bond donors (Lipinski definition) is 1. The molecule has 108 valence electrons. The summed E-state index contributed by atoms with van der Waals surface area (Å²) in [5.74, 6) is 0.666. The molecule has 0 aliphatic carbocycles. The monoisotopic (exact) mass is 263 g/mol. The molecule has 0 fully saturated rings. The lowest BCUT2D eigenvalue weighted by Crippen LogP contribution is -2.21. The van der Waals surface area contributed by atoms with Gasteiger partial charge < -0.3 is 10.5 Å². The van der Waals surface area contributed by atoms with Crippen LogP contribution in [-0.4, -0.2) is 12.7 Å². The summed E-state index contributed by atoms with van der Waals surface area (Å²) < 4.78 is 5.82. The Kier molecular flexibility index (Phi) is 7.11. The number of aryl methyl sites for hydroxylation is 1. The summed E-state index contributed by atoms with van der Waals surface area (Å²) in [4.78, 5) is 0. The summed E-state index contributed by atoms with van der Waals surface area (Å²) in [5, 5.41) is 0. The first-order chi connectivity index (χ1) is 9.02. The van der Waals surface area contributed by atoms with E-state index in [1.165, 1.54) is 12.0 Å². The van der Waals surface area contributed by atoms with E-state index in [0.717, 1.165) is 18.4 Å². The summed E-state index contributed by atoms with van der Waals surface area (Å²) >= 11 is 0. The van der Waals surface area contributed by atoms with E-state index in [0.29, 0.717) is 12.5 Å². The van der Waals surface area contributed by atoms with Crippen LogP contribution in [0.3, 0.4) is 0 Å². The van der Waals surface area contributed by atoms with Gasteiger partial charge in [0.15, 0.2) is 0 Å². The molecule has 2 heteroatoms. The molecule has 2 atom stereocenters. The van der Waals surface area contributed by atoms with Gasteiger partial charge in [-0.25, -0.2) is 0 Å². The van der Waals surface area contributed by atoms with Crippen LogP contribution >= 0.6 is 0 Å². The lowest BCUT2D eigenvalue weighted by Gasteiger charge is -2.19. The van der Waals surface area contributed by atoms with Crippen LogP contribution in [-0.2, 0) is 11.2 Å². The molecule has 2 N–H and O–H groups in total. The Labute approximate surface area is 118 Å². The van der Waals surface area contributed by atoms with Crippen molar-refractivity contribution in [3.8, 4) is 0 Å². The quantitative estimate of drug-likeness (QED) is 0.766. The Morgan fingerprint density at radius 2 is 1.74 bits per heavy atom. The molecule has 0 aliphatic rings. The molecule has 0 bridgehead atoms. The van der Waals surface area contributed by atoms with Gasteiger partial charge in [0.1, 0.15) is 0 Å². The van der Waals surface area contributed by atoms with Crippen molar-refractivity contribution >= 4 is 0 Å². The zero-order chi connectivity index (χ0) is 14.3. The highest BCUT2D eigenvalue weighted by molar-refractivity contribution is 5.25. The van der Waals surface area contributed by atoms with Crippen LogP contribution < -0.4 is 5.73 Å². The number of nitrogens with two attached hydrogens (primary N) is 1. The van der Waals surface area contributed by atoms with Crippen molar-refractivity contribution in [1.82, 2.24) is 0 Å². The van der Waals surface area contributed by atoms with Gasteiger partial charge in [0.05, 0.1) is 18.8 Å². The standard InChI is InChI=1S/C17H29NO/c1-5-6-15-7-9-16(10-8-15)17(18)12-19-14(4)11-13(2)3/h7-10,13-14,17H,5-6,11-12,18H2,1-4H3. The van der Waals surface area contributed by atoms with Gasteiger partial charge in [-0.3, -0.25) is 0 Å². The molecule has 0 saturated heterocycles. The maximum atomic E-state index is 6.17. The summed E-state index contributed by atoms with van der Waals surface area (Å²) in [6.07, 6.45) is 3.69. The maximum Gasteiger partial charge on any atom is 0.0662 e. The molecule has 1 aromatic carbocycles. The zero-order valence-corrected chi connectivity index (χ0v) is 12.9. The van der Waals surface area contributed by atoms with Crippen molar-refractivity contribution in [3.63, 3.8) is 0 Å². The fourth-order valence-corrected chi connectivity index (χ4v) is 2.32. The van der Waals surface area contributed by atoms with E-state index in [9.17, 15) is 0 Å². The summed E-state index contributed by atoms with van der Waals surface area (Å²) in [6, 6.07) is 8.59. The molecule has 0 spiro atoms. The Bertz CT molecular complexity index is 345. The maximum absolute atomic E-state index is 6.17. The molecular weight excluding hydrogens is 234 g/mol. The van der Waals surface area contributed by atoms with Crippen LogP contribution in [0.25, 0.3) is 0 Å². The Balaban J connectivity index is 2.42. The van der Waals surface area contributed by atoms with Crippen LogP contribution in [0.2, 0.25) is 0 Å². The van der Waals surface area contributed by atoms with E-state index in [1.54, 1.807) is 0 Å². The Hall–Kier alpha value is -0.860. The molecule has 0 aromatic heterocycles. The number of ether oxygens (including phenoxy) is 1. The minimum absolute atomic E-state index is 0.0229. The van der Waals surface area contributed by atoms with Crippen LogP contribution in [0.5, 0.6) is 0 Å². The van der Waals surface area contributed by atoms with E-state index in [4.69, 9.17) is 10.5 Å². The van der Waals surface area contributed by atoms with Crippen molar-refractivity contribution in [2.75, 3.05) is 6.61 Å². The normalized spacial score (nSPS) is 14.6. The Morgan fingerprint density at radius 1 is 1.11 bits per heavy atom. The predicted molar refractivity (Wildman–Crippen MR) is 82.2 cm³/mol. The van der Waals surface area contributed by atoms with E-state index < -0.39 is 0 Å². The lowest BCUT2D eigenvalue weighted by molar-refractivity contribution is 0.0430. The predicted octanol–water partition coefficient (Wildman–Crippen LogP) is 4.09. The highest BCUT2D eigenvalue weighted by Gasteiger charge is 2.10. The minimum atomic E-state index is -0.0229. The van der Waals surface area contributed by atoms with E-state index in [-0.39, 0.29) is 12.1 Å². The van der Waals surface area contributed by atoms with Gasteiger partial charge in [0, 0.05) is 0 Å². The van der Waals surface area contributed by atoms with E-state index in [1.807, 2.05) is 0 Å². The third kappa shape index (κ3) is 6.22. The summed E-state index contributed by atoms with van der Waals surface area (Å²) in [7, 11) is 0. The molecule has 1 aromatic rings. The number of hydrogen-bond acceptors (Lipinski definition) is 2. The van der Waals surface area contributed by atoms with Crippen molar-refractivity contribution < 1.29 is 4.74 Å². The zero-order valence-electron chi connectivity index (χ0n) is 12.9. The first-order valence-electron chi connectivity index (χ1n) is 7.49. The first kappa shape index (κ1) is 16.2. The average Bonchev–Trinajstić information content (AvgIpc) is 2.36. The second-order valence-corrected chi connectivity index (χ2v) is 5.87. The van der Waals surface area contributed by atoms with Gasteiger partial charge in [-0.2, -0.15) is 0 Å². The highest BCUT2D eigenvalue weighted by atomic mass is 16.5. The topological polar surface area (TPSA) is 35.2 Å². The van der Waals surface area contributed by atoms with Crippen molar-refractivity contribution in [3.05, 3.63) is 35.4 Å². The van der Waals surface area contributed by atoms with Gasteiger partial charge in [-0.05, 0) is 36.8 Å². The lowest BCUT2D eigenvalue weighted by atomic mass is 10.0. The number of rotatable bonds is 8.